The molecule has 1 unspecified atom stereocenters. The maximum absolute atomic E-state index is 11.5. The molecule has 20 heavy (non-hydrogen) atoms. The summed E-state index contributed by atoms with van der Waals surface area (Å²) in [4.78, 5) is 23.0. The Morgan fingerprint density at radius 2 is 2.20 bits per heavy atom. The lowest BCUT2D eigenvalue weighted by Gasteiger charge is -2.10. The van der Waals surface area contributed by atoms with Crippen LogP contribution < -0.4 is 14.8 Å². The molecule has 1 aliphatic rings. The van der Waals surface area contributed by atoms with E-state index >= 15 is 0 Å². The summed E-state index contributed by atoms with van der Waals surface area (Å²) < 4.78 is 10.5. The quantitative estimate of drug-likeness (QED) is 0.655. The fourth-order valence-corrected chi connectivity index (χ4v) is 2.91. The van der Waals surface area contributed by atoms with Gasteiger partial charge in [0.1, 0.15) is 17.5 Å². The van der Waals surface area contributed by atoms with Gasteiger partial charge in [-0.15, -0.1) is 11.8 Å². The average Bonchev–Trinajstić information content (AvgIpc) is 2.95. The Labute approximate surface area is 121 Å². The summed E-state index contributed by atoms with van der Waals surface area (Å²) in [6.45, 7) is 0. The third-order valence-corrected chi connectivity index (χ3v) is 3.95. The number of hydrogen-bond acceptors (Lipinski definition) is 6. The Morgan fingerprint density at radius 1 is 1.40 bits per heavy atom. The lowest BCUT2D eigenvalue weighted by molar-refractivity contribution is -0.130. The lowest BCUT2D eigenvalue weighted by Crippen LogP contribution is -2.32. The first kappa shape index (κ1) is 14.6. The molecule has 6 heteroatoms. The zero-order chi connectivity index (χ0) is 14.5. The Kier molecular flexibility index (Phi) is 4.81. The van der Waals surface area contributed by atoms with Crippen LogP contribution in [-0.4, -0.2) is 38.2 Å². The Hall–Kier alpha value is -1.79. The van der Waals surface area contributed by atoms with E-state index in [4.69, 9.17) is 9.47 Å². The van der Waals surface area contributed by atoms with E-state index in [1.54, 1.807) is 20.3 Å². The summed E-state index contributed by atoms with van der Waals surface area (Å²) in [7, 11) is 3.16. The molecule has 1 fully saturated rings. The van der Waals surface area contributed by atoms with Crippen LogP contribution in [-0.2, 0) is 9.59 Å². The molecule has 0 amide bonds. The van der Waals surface area contributed by atoms with E-state index in [2.05, 4.69) is 5.32 Å². The lowest BCUT2D eigenvalue weighted by atomic mass is 10.1. The van der Waals surface area contributed by atoms with Crippen LogP contribution in [0.15, 0.2) is 23.1 Å². The van der Waals surface area contributed by atoms with Crippen LogP contribution in [0.1, 0.15) is 5.56 Å². The first-order valence-corrected chi connectivity index (χ1v) is 6.97. The third kappa shape index (κ3) is 3.02. The molecule has 1 aromatic rings. The Morgan fingerprint density at radius 3 is 2.85 bits per heavy atom. The molecule has 0 radical (unpaired) electrons. The highest BCUT2D eigenvalue weighted by Gasteiger charge is 2.27. The molecule has 1 saturated heterocycles. The SMILES string of the molecule is COc1ccc(C=C2SCNC2C(=O)C=O)c(OC)c1. The number of methoxy groups -OCH3 is 2. The molecular formula is C14H15NO4S. The van der Waals surface area contributed by atoms with Gasteiger partial charge in [-0.05, 0) is 18.2 Å². The normalized spacial score (nSPS) is 19.9. The molecule has 5 nitrogen and oxygen atoms in total. The van der Waals surface area contributed by atoms with Crippen molar-refractivity contribution in [2.75, 3.05) is 20.1 Å². The second kappa shape index (κ2) is 6.58. The van der Waals surface area contributed by atoms with E-state index in [0.717, 1.165) is 10.5 Å². The fraction of sp³-hybridized carbons (Fsp3) is 0.286. The standard InChI is InChI=1S/C14H15NO4S/c1-18-10-4-3-9(12(6-10)19-2)5-13-14(11(17)7-16)15-8-20-13/h3-7,14-15H,8H2,1-2H3. The van der Waals surface area contributed by atoms with Crippen LogP contribution in [0.2, 0.25) is 0 Å². The fourth-order valence-electron chi connectivity index (χ4n) is 1.92. The monoisotopic (exact) mass is 293 g/mol. The topological polar surface area (TPSA) is 64.6 Å². The van der Waals surface area contributed by atoms with Gasteiger partial charge in [0.15, 0.2) is 6.29 Å². The van der Waals surface area contributed by atoms with Gasteiger partial charge in [0, 0.05) is 22.4 Å². The number of Topliss-reactive ketones (excluding diaryl/α,β-unsaturated/α-hetero) is 1. The molecule has 1 aliphatic heterocycles. The minimum atomic E-state index is -0.552. The highest BCUT2D eigenvalue weighted by molar-refractivity contribution is 8.03. The van der Waals surface area contributed by atoms with E-state index in [-0.39, 0.29) is 0 Å². The van der Waals surface area contributed by atoms with Gasteiger partial charge in [0.2, 0.25) is 5.78 Å². The summed E-state index contributed by atoms with van der Waals surface area (Å²) in [6, 6.07) is 4.89. The number of carbonyl (C=O) groups is 2. The second-order valence-corrected chi connectivity index (χ2v) is 5.15. The number of ether oxygens (including phenoxy) is 2. The summed E-state index contributed by atoms with van der Waals surface area (Å²) >= 11 is 1.50. The molecule has 0 aromatic heterocycles. The smallest absolute Gasteiger partial charge is 0.217 e. The van der Waals surface area contributed by atoms with Gasteiger partial charge in [-0.2, -0.15) is 0 Å². The van der Waals surface area contributed by atoms with Crippen molar-refractivity contribution in [2.24, 2.45) is 0 Å². The van der Waals surface area contributed by atoms with Crippen molar-refractivity contribution in [3.05, 3.63) is 28.7 Å². The van der Waals surface area contributed by atoms with Gasteiger partial charge >= 0.3 is 0 Å². The average molecular weight is 293 g/mol. The molecule has 1 aromatic carbocycles. The van der Waals surface area contributed by atoms with E-state index in [9.17, 15) is 9.59 Å². The number of rotatable bonds is 5. The van der Waals surface area contributed by atoms with Gasteiger partial charge in [-0.1, -0.05) is 0 Å². The molecule has 1 atom stereocenters. The summed E-state index contributed by atoms with van der Waals surface area (Å²) in [5.41, 5.74) is 0.836. The summed E-state index contributed by atoms with van der Waals surface area (Å²) in [5.74, 6) is 1.49. The maximum Gasteiger partial charge on any atom is 0.217 e. The van der Waals surface area contributed by atoms with Gasteiger partial charge in [-0.3, -0.25) is 14.9 Å². The highest BCUT2D eigenvalue weighted by atomic mass is 32.2. The number of aldehydes is 1. The first-order valence-electron chi connectivity index (χ1n) is 5.98. The minimum absolute atomic E-state index is 0.350. The first-order chi connectivity index (χ1) is 9.69. The van der Waals surface area contributed by atoms with Crippen molar-refractivity contribution < 1.29 is 19.1 Å². The van der Waals surface area contributed by atoms with Crippen LogP contribution in [0.3, 0.4) is 0 Å². The minimum Gasteiger partial charge on any atom is -0.497 e. The predicted molar refractivity (Wildman–Crippen MR) is 78.0 cm³/mol. The number of benzene rings is 1. The van der Waals surface area contributed by atoms with Gasteiger partial charge in [0.05, 0.1) is 14.2 Å². The molecule has 0 bridgehead atoms. The van der Waals surface area contributed by atoms with E-state index in [1.807, 2.05) is 18.2 Å². The number of nitrogens with one attached hydrogen (secondary N) is 1. The van der Waals surface area contributed by atoms with Crippen molar-refractivity contribution in [3.63, 3.8) is 0 Å². The maximum atomic E-state index is 11.5. The van der Waals surface area contributed by atoms with Crippen LogP contribution in [0, 0.1) is 0 Å². The van der Waals surface area contributed by atoms with Gasteiger partial charge < -0.3 is 9.47 Å². The molecule has 0 aliphatic carbocycles. The molecule has 1 N–H and O–H groups in total. The number of ketones is 1. The largest absolute Gasteiger partial charge is 0.497 e. The number of thioether (sulfide) groups is 1. The van der Waals surface area contributed by atoms with Crippen molar-refractivity contribution in [2.45, 2.75) is 6.04 Å². The highest BCUT2D eigenvalue weighted by Crippen LogP contribution is 2.32. The van der Waals surface area contributed by atoms with E-state index in [0.29, 0.717) is 23.7 Å². The van der Waals surface area contributed by atoms with Crippen molar-refractivity contribution in [1.82, 2.24) is 5.32 Å². The summed E-state index contributed by atoms with van der Waals surface area (Å²) in [5, 5.41) is 2.99. The molecule has 1 heterocycles. The molecular weight excluding hydrogens is 278 g/mol. The number of hydrogen-bond donors (Lipinski definition) is 1. The Balaban J connectivity index is 2.34. The van der Waals surface area contributed by atoms with Crippen molar-refractivity contribution in [3.8, 4) is 11.5 Å². The van der Waals surface area contributed by atoms with Crippen LogP contribution in [0.5, 0.6) is 11.5 Å². The van der Waals surface area contributed by atoms with Crippen LogP contribution >= 0.6 is 11.8 Å². The van der Waals surface area contributed by atoms with Gasteiger partial charge in [0.25, 0.3) is 0 Å². The summed E-state index contributed by atoms with van der Waals surface area (Å²) in [6.07, 6.45) is 2.21. The second-order valence-electron chi connectivity index (χ2n) is 4.10. The van der Waals surface area contributed by atoms with Crippen LogP contribution in [0.25, 0.3) is 6.08 Å². The Bertz CT molecular complexity index is 556. The van der Waals surface area contributed by atoms with Gasteiger partial charge in [-0.25, -0.2) is 0 Å². The van der Waals surface area contributed by atoms with E-state index < -0.39 is 11.8 Å². The predicted octanol–water partition coefficient (Wildman–Crippen LogP) is 1.48. The molecule has 0 saturated carbocycles. The third-order valence-electron chi connectivity index (χ3n) is 2.95. The number of carbonyl (C=O) groups excluding carboxylic acids is 2. The molecule has 106 valence electrons. The molecule has 2 rings (SSSR count). The van der Waals surface area contributed by atoms with Crippen molar-refractivity contribution in [1.29, 1.82) is 0 Å². The van der Waals surface area contributed by atoms with Crippen LogP contribution in [0.4, 0.5) is 0 Å². The molecule has 0 spiro atoms. The zero-order valence-electron chi connectivity index (χ0n) is 11.2. The zero-order valence-corrected chi connectivity index (χ0v) is 12.0. The van der Waals surface area contributed by atoms with Crippen molar-refractivity contribution >= 4 is 29.9 Å². The van der Waals surface area contributed by atoms with E-state index in [1.165, 1.54) is 11.8 Å².